The second kappa shape index (κ2) is 6.60. The maximum Gasteiger partial charge on any atom is 0.229 e. The van der Waals surface area contributed by atoms with Gasteiger partial charge < -0.3 is 10.2 Å². The predicted octanol–water partition coefficient (Wildman–Crippen LogP) is 5.27. The Morgan fingerprint density at radius 3 is 2.35 bits per heavy atom. The van der Waals surface area contributed by atoms with Crippen molar-refractivity contribution in [2.24, 2.45) is 0 Å². The van der Waals surface area contributed by atoms with Crippen LogP contribution in [-0.4, -0.2) is 23.1 Å². The van der Waals surface area contributed by atoms with E-state index in [1.807, 2.05) is 30.3 Å². The lowest BCUT2D eigenvalue weighted by molar-refractivity contribution is 0.591. The van der Waals surface area contributed by atoms with Crippen LogP contribution in [-0.2, 0) is 5.41 Å². The van der Waals surface area contributed by atoms with Gasteiger partial charge in [-0.1, -0.05) is 45.0 Å². The molecule has 4 nitrogen and oxygen atoms in total. The van der Waals surface area contributed by atoms with E-state index in [1.54, 1.807) is 0 Å². The molecule has 0 radical (unpaired) electrons. The van der Waals surface area contributed by atoms with Crippen LogP contribution < -0.4 is 10.2 Å². The van der Waals surface area contributed by atoms with Gasteiger partial charge >= 0.3 is 0 Å². The zero-order valence-corrected chi connectivity index (χ0v) is 15.8. The molecular weight excluding hydrogens is 320 g/mol. The Kier molecular flexibility index (Phi) is 4.27. The molecule has 0 unspecified atom stereocenters. The Morgan fingerprint density at radius 2 is 1.65 bits per heavy atom. The van der Waals surface area contributed by atoms with Crippen molar-refractivity contribution in [3.63, 3.8) is 0 Å². The van der Waals surface area contributed by atoms with Crippen molar-refractivity contribution in [3.05, 3.63) is 54.1 Å². The molecule has 1 aliphatic rings. The minimum atomic E-state index is 0.0972. The van der Waals surface area contributed by atoms with Crippen molar-refractivity contribution >= 4 is 28.4 Å². The number of anilines is 3. The highest BCUT2D eigenvalue weighted by Crippen LogP contribution is 2.32. The number of fused-ring (bicyclic) bond motifs is 1. The Hall–Kier alpha value is -2.62. The molecule has 4 heteroatoms. The minimum Gasteiger partial charge on any atom is -0.356 e. The summed E-state index contributed by atoms with van der Waals surface area (Å²) in [7, 11) is 0. The second-order valence-electron chi connectivity index (χ2n) is 8.04. The van der Waals surface area contributed by atoms with Gasteiger partial charge in [-0.3, -0.25) is 0 Å². The molecule has 0 spiro atoms. The Balaban J connectivity index is 1.83. The molecule has 0 aliphatic carbocycles. The average Bonchev–Trinajstić information content (AvgIpc) is 3.15. The van der Waals surface area contributed by atoms with Gasteiger partial charge in [-0.25, -0.2) is 4.98 Å². The van der Waals surface area contributed by atoms with Gasteiger partial charge in [0.05, 0.1) is 5.52 Å². The molecule has 4 rings (SSSR count). The molecule has 1 fully saturated rings. The molecule has 3 aromatic rings. The lowest BCUT2D eigenvalue weighted by Gasteiger charge is -2.22. The Labute approximate surface area is 155 Å². The number of para-hydroxylation sites is 1. The third-order valence-electron chi connectivity index (χ3n) is 4.98. The molecule has 0 atom stereocenters. The Bertz CT molecular complexity index is 907. The number of rotatable bonds is 3. The summed E-state index contributed by atoms with van der Waals surface area (Å²) in [6.07, 6.45) is 2.46. The van der Waals surface area contributed by atoms with Crippen LogP contribution in [0.2, 0.25) is 0 Å². The monoisotopic (exact) mass is 346 g/mol. The van der Waals surface area contributed by atoms with E-state index in [0.717, 1.165) is 35.5 Å². The zero-order valence-electron chi connectivity index (χ0n) is 15.8. The van der Waals surface area contributed by atoms with Gasteiger partial charge in [0.25, 0.3) is 0 Å². The number of nitrogens with zero attached hydrogens (tertiary/aromatic N) is 3. The van der Waals surface area contributed by atoms with Gasteiger partial charge in [0.2, 0.25) is 5.95 Å². The van der Waals surface area contributed by atoms with Crippen LogP contribution in [0.3, 0.4) is 0 Å². The van der Waals surface area contributed by atoms with Crippen molar-refractivity contribution in [3.8, 4) is 0 Å². The summed E-state index contributed by atoms with van der Waals surface area (Å²) in [5.41, 5.74) is 3.40. The molecule has 2 aromatic carbocycles. The summed E-state index contributed by atoms with van der Waals surface area (Å²) < 4.78 is 0. The van der Waals surface area contributed by atoms with Gasteiger partial charge in [0, 0.05) is 24.2 Å². The number of aromatic nitrogens is 2. The van der Waals surface area contributed by atoms with Crippen LogP contribution in [0.5, 0.6) is 0 Å². The number of benzene rings is 2. The highest BCUT2D eigenvalue weighted by atomic mass is 15.2. The van der Waals surface area contributed by atoms with Crippen LogP contribution in [0, 0.1) is 0 Å². The highest BCUT2D eigenvalue weighted by molar-refractivity contribution is 5.91. The third kappa shape index (κ3) is 3.36. The van der Waals surface area contributed by atoms with Crippen molar-refractivity contribution < 1.29 is 0 Å². The van der Waals surface area contributed by atoms with Crippen LogP contribution >= 0.6 is 0 Å². The molecule has 0 amide bonds. The fourth-order valence-corrected chi connectivity index (χ4v) is 3.46. The van der Waals surface area contributed by atoms with Gasteiger partial charge in [-0.2, -0.15) is 4.98 Å². The summed E-state index contributed by atoms with van der Waals surface area (Å²) in [5, 5.41) is 4.51. The number of nitrogens with one attached hydrogen (secondary N) is 1. The first kappa shape index (κ1) is 16.8. The molecule has 134 valence electrons. The van der Waals surface area contributed by atoms with E-state index in [1.165, 1.54) is 18.4 Å². The van der Waals surface area contributed by atoms with Crippen molar-refractivity contribution in [1.29, 1.82) is 0 Å². The quantitative estimate of drug-likeness (QED) is 0.701. The normalized spacial score (nSPS) is 14.8. The van der Waals surface area contributed by atoms with E-state index in [2.05, 4.69) is 49.2 Å². The van der Waals surface area contributed by atoms with Crippen LogP contribution in [0.25, 0.3) is 10.9 Å². The summed E-state index contributed by atoms with van der Waals surface area (Å²) >= 11 is 0. The summed E-state index contributed by atoms with van der Waals surface area (Å²) in [6.45, 7) is 8.84. The zero-order chi connectivity index (χ0) is 18.1. The van der Waals surface area contributed by atoms with Crippen LogP contribution in [0.15, 0.2) is 48.5 Å². The fourth-order valence-electron chi connectivity index (χ4n) is 3.46. The van der Waals surface area contributed by atoms with Crippen molar-refractivity contribution in [1.82, 2.24) is 9.97 Å². The highest BCUT2D eigenvalue weighted by Gasteiger charge is 2.20. The predicted molar refractivity (Wildman–Crippen MR) is 109 cm³/mol. The topological polar surface area (TPSA) is 41.1 Å². The lowest BCUT2D eigenvalue weighted by atomic mass is 9.86. The molecule has 1 N–H and O–H groups in total. The smallest absolute Gasteiger partial charge is 0.229 e. The first-order valence-corrected chi connectivity index (χ1v) is 9.40. The fraction of sp³-hybridized carbons (Fsp3) is 0.364. The standard InChI is InChI=1S/C22H26N4/c1-22(2,3)16-11-12-18-19(15-16)24-21(23-17-9-5-4-6-10-17)25-20(18)26-13-7-8-14-26/h4-6,9-12,15H,7-8,13-14H2,1-3H3,(H,23,24,25). The minimum absolute atomic E-state index is 0.0972. The molecule has 1 aromatic heterocycles. The number of hydrogen-bond donors (Lipinski definition) is 1. The SMILES string of the molecule is CC(C)(C)c1ccc2c(N3CCCC3)nc(Nc3ccccc3)nc2c1. The largest absolute Gasteiger partial charge is 0.356 e. The van der Waals surface area contributed by atoms with E-state index in [-0.39, 0.29) is 5.41 Å². The molecule has 0 bridgehead atoms. The maximum atomic E-state index is 4.87. The van der Waals surface area contributed by atoms with E-state index in [9.17, 15) is 0 Å². The summed E-state index contributed by atoms with van der Waals surface area (Å²) in [4.78, 5) is 12.1. The van der Waals surface area contributed by atoms with Crippen molar-refractivity contribution in [2.75, 3.05) is 23.3 Å². The van der Waals surface area contributed by atoms with E-state index < -0.39 is 0 Å². The first-order chi connectivity index (χ1) is 12.5. The molecule has 1 saturated heterocycles. The van der Waals surface area contributed by atoms with Gasteiger partial charge in [0.1, 0.15) is 5.82 Å². The van der Waals surface area contributed by atoms with Crippen LogP contribution in [0.1, 0.15) is 39.2 Å². The molecular formula is C22H26N4. The number of hydrogen-bond acceptors (Lipinski definition) is 4. The molecule has 1 aliphatic heterocycles. The van der Waals surface area contributed by atoms with E-state index >= 15 is 0 Å². The second-order valence-corrected chi connectivity index (χ2v) is 8.04. The Morgan fingerprint density at radius 1 is 0.923 bits per heavy atom. The van der Waals surface area contributed by atoms with E-state index in [4.69, 9.17) is 9.97 Å². The van der Waals surface area contributed by atoms with Crippen molar-refractivity contribution in [2.45, 2.75) is 39.0 Å². The van der Waals surface area contributed by atoms with E-state index in [0.29, 0.717) is 5.95 Å². The summed E-state index contributed by atoms with van der Waals surface area (Å²) in [5.74, 6) is 1.71. The third-order valence-corrected chi connectivity index (χ3v) is 4.98. The molecule has 26 heavy (non-hydrogen) atoms. The van der Waals surface area contributed by atoms with Gasteiger partial charge in [-0.05, 0) is 48.1 Å². The maximum absolute atomic E-state index is 4.87. The lowest BCUT2D eigenvalue weighted by Crippen LogP contribution is -2.20. The molecule has 2 heterocycles. The van der Waals surface area contributed by atoms with Gasteiger partial charge in [-0.15, -0.1) is 0 Å². The van der Waals surface area contributed by atoms with Gasteiger partial charge in [0.15, 0.2) is 0 Å². The van der Waals surface area contributed by atoms with Crippen LogP contribution in [0.4, 0.5) is 17.5 Å². The summed E-state index contributed by atoms with van der Waals surface area (Å²) in [6, 6.07) is 16.7. The first-order valence-electron chi connectivity index (χ1n) is 9.40. The molecule has 0 saturated carbocycles. The average molecular weight is 346 g/mol.